The highest BCUT2D eigenvalue weighted by Crippen LogP contribution is 2.22. The number of non-ortho nitro benzene ring substituents is 1. The van der Waals surface area contributed by atoms with E-state index in [1.807, 2.05) is 13.8 Å². The van der Waals surface area contributed by atoms with Crippen LogP contribution in [0.3, 0.4) is 0 Å². The molecule has 17 heavy (non-hydrogen) atoms. The molecule has 1 aliphatic heterocycles. The first-order chi connectivity index (χ1) is 8.06. The fraction of sp³-hybridized carbons (Fsp3) is 0.500. The molecular weight excluding hydrogens is 220 g/mol. The summed E-state index contributed by atoms with van der Waals surface area (Å²) < 4.78 is 5.65. The molecule has 1 saturated heterocycles. The third kappa shape index (κ3) is 2.74. The van der Waals surface area contributed by atoms with E-state index in [0.29, 0.717) is 0 Å². The van der Waals surface area contributed by atoms with Crippen LogP contribution >= 0.6 is 0 Å². The Morgan fingerprint density at radius 1 is 1.24 bits per heavy atom. The van der Waals surface area contributed by atoms with Crippen LogP contribution in [0.4, 0.5) is 11.4 Å². The summed E-state index contributed by atoms with van der Waals surface area (Å²) in [6.07, 6.45) is 0.378. The summed E-state index contributed by atoms with van der Waals surface area (Å²) in [4.78, 5) is 12.4. The molecule has 0 aliphatic carbocycles. The lowest BCUT2D eigenvalue weighted by Gasteiger charge is -2.36. The van der Waals surface area contributed by atoms with Crippen molar-refractivity contribution in [3.05, 3.63) is 34.4 Å². The lowest BCUT2D eigenvalue weighted by atomic mass is 10.2. The normalized spacial score (nSPS) is 24.7. The van der Waals surface area contributed by atoms with Gasteiger partial charge in [-0.05, 0) is 26.0 Å². The molecule has 0 amide bonds. The Labute approximate surface area is 100 Å². The number of morpholine rings is 1. The van der Waals surface area contributed by atoms with E-state index in [9.17, 15) is 10.1 Å². The minimum Gasteiger partial charge on any atom is -0.372 e. The predicted octanol–water partition coefficient (Wildman–Crippen LogP) is 2.21. The molecule has 0 N–H and O–H groups in total. The van der Waals surface area contributed by atoms with Gasteiger partial charge < -0.3 is 9.64 Å². The molecule has 1 aromatic rings. The maximum Gasteiger partial charge on any atom is 0.269 e. The lowest BCUT2D eigenvalue weighted by Crippen LogP contribution is -2.45. The van der Waals surface area contributed by atoms with Gasteiger partial charge in [0, 0.05) is 30.9 Å². The second-order valence-corrected chi connectivity index (χ2v) is 4.44. The first kappa shape index (κ1) is 11.9. The van der Waals surface area contributed by atoms with Crippen LogP contribution in [0.15, 0.2) is 24.3 Å². The van der Waals surface area contributed by atoms with E-state index in [4.69, 9.17) is 4.74 Å². The standard InChI is InChI=1S/C12H16N2O3/c1-9-7-13(8-10(2)17-9)11-3-5-12(6-4-11)14(15)16/h3-6,9-10H,7-8H2,1-2H3/t9-,10-/m1/s1. The molecule has 5 heteroatoms. The number of nitro groups is 1. The first-order valence-corrected chi connectivity index (χ1v) is 5.71. The zero-order chi connectivity index (χ0) is 12.4. The average Bonchev–Trinajstić information content (AvgIpc) is 2.28. The Hall–Kier alpha value is -1.62. The van der Waals surface area contributed by atoms with Crippen LogP contribution in [0.25, 0.3) is 0 Å². The Morgan fingerprint density at radius 2 is 1.76 bits per heavy atom. The van der Waals surface area contributed by atoms with Crippen LogP contribution in [0.2, 0.25) is 0 Å². The van der Waals surface area contributed by atoms with Crippen molar-refractivity contribution >= 4 is 11.4 Å². The SMILES string of the molecule is C[C@@H]1CN(c2ccc([N+](=O)[O-])cc2)C[C@@H](C)O1. The zero-order valence-electron chi connectivity index (χ0n) is 10.00. The largest absolute Gasteiger partial charge is 0.372 e. The molecule has 0 aromatic heterocycles. The number of nitro benzene ring substituents is 1. The average molecular weight is 236 g/mol. The number of rotatable bonds is 2. The van der Waals surface area contributed by atoms with Gasteiger partial charge in [0.05, 0.1) is 17.1 Å². The highest BCUT2D eigenvalue weighted by molar-refractivity contribution is 5.51. The molecule has 5 nitrogen and oxygen atoms in total. The van der Waals surface area contributed by atoms with E-state index in [-0.39, 0.29) is 22.8 Å². The topological polar surface area (TPSA) is 55.6 Å². The molecule has 0 bridgehead atoms. The van der Waals surface area contributed by atoms with Gasteiger partial charge in [0.1, 0.15) is 0 Å². The van der Waals surface area contributed by atoms with Crippen LogP contribution in [-0.4, -0.2) is 30.2 Å². The molecule has 0 saturated carbocycles. The molecule has 2 rings (SSSR count). The maximum atomic E-state index is 10.6. The van der Waals surface area contributed by atoms with Gasteiger partial charge >= 0.3 is 0 Å². The van der Waals surface area contributed by atoms with Crippen LogP contribution in [0, 0.1) is 10.1 Å². The van der Waals surface area contributed by atoms with Gasteiger partial charge in [-0.1, -0.05) is 0 Å². The molecule has 1 aromatic carbocycles. The molecule has 2 atom stereocenters. The highest BCUT2D eigenvalue weighted by Gasteiger charge is 2.22. The molecule has 1 aliphatic rings. The quantitative estimate of drug-likeness (QED) is 0.583. The zero-order valence-corrected chi connectivity index (χ0v) is 10.00. The molecule has 0 spiro atoms. The molecule has 0 unspecified atom stereocenters. The fourth-order valence-electron chi connectivity index (χ4n) is 2.17. The Balaban J connectivity index is 2.14. The second-order valence-electron chi connectivity index (χ2n) is 4.44. The number of ether oxygens (including phenoxy) is 1. The van der Waals surface area contributed by atoms with Gasteiger partial charge in [-0.25, -0.2) is 0 Å². The lowest BCUT2D eigenvalue weighted by molar-refractivity contribution is -0.384. The van der Waals surface area contributed by atoms with Crippen LogP contribution < -0.4 is 4.90 Å². The van der Waals surface area contributed by atoms with Gasteiger partial charge in [0.2, 0.25) is 0 Å². The van der Waals surface area contributed by atoms with E-state index in [2.05, 4.69) is 4.90 Å². The summed E-state index contributed by atoms with van der Waals surface area (Å²) in [5.41, 5.74) is 1.14. The summed E-state index contributed by atoms with van der Waals surface area (Å²) in [5.74, 6) is 0. The van der Waals surface area contributed by atoms with Gasteiger partial charge in [-0.3, -0.25) is 10.1 Å². The number of benzene rings is 1. The molecule has 92 valence electrons. The van der Waals surface area contributed by atoms with Crippen molar-refractivity contribution in [1.29, 1.82) is 0 Å². The van der Waals surface area contributed by atoms with E-state index in [1.54, 1.807) is 24.3 Å². The third-order valence-electron chi connectivity index (χ3n) is 2.85. The van der Waals surface area contributed by atoms with Crippen LogP contribution in [-0.2, 0) is 4.74 Å². The summed E-state index contributed by atoms with van der Waals surface area (Å²) in [6.45, 7) is 5.71. The molecule has 1 fully saturated rings. The second kappa shape index (κ2) is 4.71. The van der Waals surface area contributed by atoms with E-state index in [0.717, 1.165) is 18.8 Å². The molecule has 0 radical (unpaired) electrons. The van der Waals surface area contributed by atoms with Crippen molar-refractivity contribution in [1.82, 2.24) is 0 Å². The Morgan fingerprint density at radius 3 is 2.24 bits per heavy atom. The van der Waals surface area contributed by atoms with Gasteiger partial charge in [-0.2, -0.15) is 0 Å². The number of hydrogen-bond acceptors (Lipinski definition) is 4. The molecule has 1 heterocycles. The van der Waals surface area contributed by atoms with Gasteiger partial charge in [0.15, 0.2) is 0 Å². The van der Waals surface area contributed by atoms with Crippen molar-refractivity contribution in [2.45, 2.75) is 26.1 Å². The van der Waals surface area contributed by atoms with Gasteiger partial charge in [-0.15, -0.1) is 0 Å². The van der Waals surface area contributed by atoms with Crippen molar-refractivity contribution in [2.75, 3.05) is 18.0 Å². The van der Waals surface area contributed by atoms with Crippen molar-refractivity contribution < 1.29 is 9.66 Å². The molecular formula is C12H16N2O3. The minimum absolute atomic E-state index is 0.128. The third-order valence-corrected chi connectivity index (χ3v) is 2.85. The van der Waals surface area contributed by atoms with Crippen LogP contribution in [0.1, 0.15) is 13.8 Å². The monoisotopic (exact) mass is 236 g/mol. The summed E-state index contributed by atoms with van der Waals surface area (Å²) in [6, 6.07) is 6.67. The van der Waals surface area contributed by atoms with E-state index in [1.165, 1.54) is 0 Å². The van der Waals surface area contributed by atoms with Crippen molar-refractivity contribution in [3.63, 3.8) is 0 Å². The highest BCUT2D eigenvalue weighted by atomic mass is 16.6. The van der Waals surface area contributed by atoms with Crippen molar-refractivity contribution in [2.24, 2.45) is 0 Å². The van der Waals surface area contributed by atoms with Gasteiger partial charge in [0.25, 0.3) is 5.69 Å². The first-order valence-electron chi connectivity index (χ1n) is 5.71. The summed E-state index contributed by atoms with van der Waals surface area (Å²) in [7, 11) is 0. The minimum atomic E-state index is -0.381. The van der Waals surface area contributed by atoms with Crippen molar-refractivity contribution in [3.8, 4) is 0 Å². The summed E-state index contributed by atoms with van der Waals surface area (Å²) >= 11 is 0. The number of hydrogen-bond donors (Lipinski definition) is 0. The Bertz CT molecular complexity index is 395. The smallest absolute Gasteiger partial charge is 0.269 e. The Kier molecular flexibility index (Phi) is 3.28. The number of anilines is 1. The predicted molar refractivity (Wildman–Crippen MR) is 65.3 cm³/mol. The van der Waals surface area contributed by atoms with E-state index >= 15 is 0 Å². The maximum absolute atomic E-state index is 10.6. The van der Waals surface area contributed by atoms with E-state index < -0.39 is 0 Å². The summed E-state index contributed by atoms with van der Waals surface area (Å²) in [5, 5.41) is 10.6. The number of nitrogens with zero attached hydrogens (tertiary/aromatic N) is 2. The fourth-order valence-corrected chi connectivity index (χ4v) is 2.17. The van der Waals surface area contributed by atoms with Crippen LogP contribution in [0.5, 0.6) is 0 Å².